The molecule has 1 N–H and O–H groups in total. The molecule has 3 aliphatic rings. The molecule has 0 radical (unpaired) electrons. The lowest BCUT2D eigenvalue weighted by molar-refractivity contribution is -0.223. The lowest BCUT2D eigenvalue weighted by atomic mass is 10.0. The van der Waals surface area contributed by atoms with E-state index in [0.29, 0.717) is 10.6 Å². The van der Waals surface area contributed by atoms with E-state index < -0.39 is 68.1 Å². The van der Waals surface area contributed by atoms with Gasteiger partial charge in [0.2, 0.25) is 6.79 Å². The zero-order valence-corrected chi connectivity index (χ0v) is 17.8. The van der Waals surface area contributed by atoms with Crippen molar-refractivity contribution in [2.24, 2.45) is 0 Å². The summed E-state index contributed by atoms with van der Waals surface area (Å²) >= 11 is 0. The molecule has 2 fully saturated rings. The molecule has 3 rings (SSSR count). The molecule has 12 nitrogen and oxygen atoms in total. The lowest BCUT2D eigenvalue weighted by Crippen LogP contribution is -2.50. The summed E-state index contributed by atoms with van der Waals surface area (Å²) in [4.78, 5) is 59.7. The zero-order chi connectivity index (χ0) is 24.3. The number of carbonyl (C=O) groups is 4. The molecule has 0 aliphatic carbocycles. The van der Waals surface area contributed by atoms with Gasteiger partial charge in [-0.05, 0) is 19.4 Å². The number of halogens is 3. The van der Waals surface area contributed by atoms with Gasteiger partial charge in [0, 0.05) is 13.0 Å². The Bertz CT molecular complexity index is 842. The number of likely N-dealkylation sites (tertiary alicyclic amines) is 1. The quantitative estimate of drug-likeness (QED) is 0.177. The van der Waals surface area contributed by atoms with Crippen LogP contribution >= 0.6 is 0 Å². The number of amides is 4. The summed E-state index contributed by atoms with van der Waals surface area (Å²) in [6.07, 6.45) is -2.52. The molecule has 33 heavy (non-hydrogen) atoms. The minimum atomic E-state index is -2.98. The van der Waals surface area contributed by atoms with Crippen molar-refractivity contribution in [1.29, 1.82) is 0 Å². The number of hydrogen-bond acceptors (Lipinski definition) is 8. The topological polar surface area (TPSA) is 127 Å². The molecule has 3 heterocycles. The Morgan fingerprint density at radius 3 is 2.67 bits per heavy atom. The van der Waals surface area contributed by atoms with Gasteiger partial charge in [-0.2, -0.15) is 5.06 Å². The van der Waals surface area contributed by atoms with Gasteiger partial charge in [0.15, 0.2) is 0 Å². The number of carbonyl (C=O) groups excluding carboxylic acids is 4. The highest BCUT2D eigenvalue weighted by molar-refractivity contribution is 5.91. The van der Waals surface area contributed by atoms with E-state index in [0.717, 1.165) is 9.80 Å². The van der Waals surface area contributed by atoms with Crippen molar-refractivity contribution in [2.75, 3.05) is 33.0 Å². The Kier molecular flexibility index (Phi) is 7.31. The molecule has 15 heteroatoms. The number of hydroxylamine groups is 3. The molecule has 0 unspecified atom stereocenters. The van der Waals surface area contributed by atoms with Gasteiger partial charge < -0.3 is 19.3 Å². The van der Waals surface area contributed by atoms with Gasteiger partial charge in [-0.15, -0.1) is 0 Å². The Labute approximate surface area is 186 Å². The number of nitrogens with zero attached hydrogens (tertiary/aromatic N) is 3. The Morgan fingerprint density at radius 1 is 1.30 bits per heavy atom. The fourth-order valence-corrected chi connectivity index (χ4v) is 3.64. The first kappa shape index (κ1) is 24.6. The first-order valence-electron chi connectivity index (χ1n) is 10.0. The Morgan fingerprint density at radius 2 is 2.03 bits per heavy atom. The molecular weight excluding hydrogens is 457 g/mol. The summed E-state index contributed by atoms with van der Waals surface area (Å²) in [6, 6.07) is -2.74. The van der Waals surface area contributed by atoms with Crippen molar-refractivity contribution >= 4 is 24.0 Å². The number of nitrogens with one attached hydrogen (secondary N) is 1. The average Bonchev–Trinajstić information content (AvgIpc) is 3.23. The predicted octanol–water partition coefficient (Wildman–Crippen LogP) is 0.694. The monoisotopic (exact) mass is 480 g/mol. The van der Waals surface area contributed by atoms with Crippen LogP contribution in [0, 0.1) is 0 Å². The van der Waals surface area contributed by atoms with Gasteiger partial charge in [-0.25, -0.2) is 42.7 Å². The fraction of sp³-hybridized carbons (Fsp3) is 0.667. The van der Waals surface area contributed by atoms with Gasteiger partial charge in [0.05, 0.1) is 25.7 Å². The van der Waals surface area contributed by atoms with Crippen LogP contribution in [-0.4, -0.2) is 96.3 Å². The summed E-state index contributed by atoms with van der Waals surface area (Å²) in [5, 5.41) is 0.646. The van der Waals surface area contributed by atoms with Gasteiger partial charge in [-0.1, -0.05) is 6.08 Å². The minimum Gasteiger partial charge on any atom is -0.462 e. The first-order chi connectivity index (χ1) is 15.5. The van der Waals surface area contributed by atoms with E-state index in [1.165, 1.54) is 13.0 Å². The fourth-order valence-electron chi connectivity index (χ4n) is 3.64. The van der Waals surface area contributed by atoms with Crippen LogP contribution in [0.4, 0.5) is 22.8 Å². The van der Waals surface area contributed by atoms with Crippen LogP contribution in [0.3, 0.4) is 0 Å². The normalized spacial score (nSPS) is 24.5. The highest BCUT2D eigenvalue weighted by Gasteiger charge is 2.49. The van der Waals surface area contributed by atoms with Crippen molar-refractivity contribution in [3.8, 4) is 0 Å². The number of fused-ring (bicyclic) bond motifs is 2. The molecule has 3 aliphatic heterocycles. The first-order valence-corrected chi connectivity index (χ1v) is 10.0. The average molecular weight is 480 g/mol. The van der Waals surface area contributed by atoms with E-state index in [9.17, 15) is 32.3 Å². The van der Waals surface area contributed by atoms with E-state index in [4.69, 9.17) is 9.68 Å². The third kappa shape index (κ3) is 5.47. The number of alkyl halides is 3. The van der Waals surface area contributed by atoms with E-state index in [1.54, 1.807) is 6.92 Å². The molecule has 0 saturated carbocycles. The van der Waals surface area contributed by atoms with Crippen molar-refractivity contribution in [2.45, 2.75) is 44.6 Å². The number of urea groups is 1. The van der Waals surface area contributed by atoms with Crippen molar-refractivity contribution < 1.29 is 51.5 Å². The molecule has 0 aromatic heterocycles. The van der Waals surface area contributed by atoms with E-state index in [2.05, 4.69) is 9.47 Å². The summed E-state index contributed by atoms with van der Waals surface area (Å²) in [6.45, 7) is 1.24. The molecular formula is C18H23F3N4O8. The van der Waals surface area contributed by atoms with Crippen LogP contribution in [0.25, 0.3) is 0 Å². The maximum absolute atomic E-state index is 13.9. The molecule has 2 bridgehead atoms. The summed E-state index contributed by atoms with van der Waals surface area (Å²) < 4.78 is 49.4. The van der Waals surface area contributed by atoms with Gasteiger partial charge in [0.25, 0.3) is 11.8 Å². The van der Waals surface area contributed by atoms with Crippen molar-refractivity contribution in [3.05, 3.63) is 11.6 Å². The van der Waals surface area contributed by atoms with Crippen LogP contribution in [-0.2, 0) is 28.7 Å². The minimum absolute atomic E-state index is 0.0258. The molecule has 0 aromatic rings. The Balaban J connectivity index is 1.49. The van der Waals surface area contributed by atoms with Crippen LogP contribution in [0.2, 0.25) is 0 Å². The van der Waals surface area contributed by atoms with Crippen molar-refractivity contribution in [1.82, 2.24) is 20.3 Å². The third-order valence-corrected chi connectivity index (χ3v) is 5.09. The number of ether oxygens (including phenoxy) is 2. The SMILES string of the molecule is CCOC(=O)[C@H](F)ON1C(=O)N2C[C@H]1C=C(C)[C@H]2C(=O)NOCOC(=O)N1CCC(F)(F)C1. The van der Waals surface area contributed by atoms with E-state index in [-0.39, 0.29) is 19.7 Å². The number of rotatable bonds is 8. The highest BCUT2D eigenvalue weighted by Crippen LogP contribution is 2.30. The second-order valence-corrected chi connectivity index (χ2v) is 7.48. The van der Waals surface area contributed by atoms with E-state index >= 15 is 0 Å². The molecule has 4 amide bonds. The van der Waals surface area contributed by atoms with Crippen molar-refractivity contribution in [3.63, 3.8) is 0 Å². The van der Waals surface area contributed by atoms with Crippen LogP contribution in [0.5, 0.6) is 0 Å². The molecule has 0 aromatic carbocycles. The molecule has 3 atom stereocenters. The maximum atomic E-state index is 13.9. The van der Waals surface area contributed by atoms with Crippen LogP contribution in [0.15, 0.2) is 11.6 Å². The lowest BCUT2D eigenvalue weighted by Gasteiger charge is -2.28. The van der Waals surface area contributed by atoms with Gasteiger partial charge >= 0.3 is 24.5 Å². The second kappa shape index (κ2) is 9.82. The zero-order valence-electron chi connectivity index (χ0n) is 17.8. The van der Waals surface area contributed by atoms with Gasteiger partial charge in [-0.3, -0.25) is 4.79 Å². The number of esters is 1. The standard InChI is InChI=1S/C18H23F3N4O8/c1-3-30-15(27)13(19)33-25-11-6-10(2)12(24(7-11)16(25)28)14(26)22-32-9-31-17(29)23-5-4-18(20,21)8-23/h6,11-13H,3-5,7-9H2,1-2H3,(H,22,26)/t11-,12+,13-/m1/s1. The smallest absolute Gasteiger partial charge is 0.412 e. The maximum Gasteiger partial charge on any atom is 0.412 e. The Hall–Kier alpha value is -3.07. The molecule has 2 saturated heterocycles. The van der Waals surface area contributed by atoms with Gasteiger partial charge in [0.1, 0.15) is 6.04 Å². The number of hydrogen-bond donors (Lipinski definition) is 1. The summed E-state index contributed by atoms with van der Waals surface area (Å²) in [5.74, 6) is -5.07. The molecule has 0 spiro atoms. The molecule has 184 valence electrons. The predicted molar refractivity (Wildman–Crippen MR) is 99.6 cm³/mol. The van der Waals surface area contributed by atoms with Crippen LogP contribution < -0.4 is 5.48 Å². The van der Waals surface area contributed by atoms with Crippen LogP contribution in [0.1, 0.15) is 20.3 Å². The summed E-state index contributed by atoms with van der Waals surface area (Å²) in [7, 11) is 0. The second-order valence-electron chi connectivity index (χ2n) is 7.48. The summed E-state index contributed by atoms with van der Waals surface area (Å²) in [5.41, 5.74) is 2.43. The highest BCUT2D eigenvalue weighted by atomic mass is 19.3. The van der Waals surface area contributed by atoms with E-state index in [1.807, 2.05) is 5.48 Å². The third-order valence-electron chi connectivity index (χ3n) is 5.09. The largest absolute Gasteiger partial charge is 0.462 e.